The molecule has 0 unspecified atom stereocenters. The van der Waals surface area contributed by atoms with E-state index in [1.807, 2.05) is 55.5 Å². The highest BCUT2D eigenvalue weighted by Gasteiger charge is 2.42. The number of anilines is 1. The minimum Gasteiger partial charge on any atom is -0.478 e. The first-order chi connectivity index (χ1) is 16.0. The van der Waals surface area contributed by atoms with Gasteiger partial charge in [0.15, 0.2) is 5.11 Å². The number of pyridine rings is 1. The van der Waals surface area contributed by atoms with E-state index < -0.39 is 5.97 Å². The summed E-state index contributed by atoms with van der Waals surface area (Å²) in [5.41, 5.74) is 4.01. The Balaban J connectivity index is 1.57. The first kappa shape index (κ1) is 20.9. The highest BCUT2D eigenvalue weighted by atomic mass is 32.1. The fourth-order valence-corrected chi connectivity index (χ4v) is 4.49. The van der Waals surface area contributed by atoms with E-state index in [9.17, 15) is 4.79 Å². The molecule has 5 rings (SSSR count). The van der Waals surface area contributed by atoms with Crippen molar-refractivity contribution in [3.8, 4) is 11.3 Å². The Morgan fingerprint density at radius 3 is 2.58 bits per heavy atom. The first-order valence-electron chi connectivity index (χ1n) is 10.5. The van der Waals surface area contributed by atoms with E-state index in [4.69, 9.17) is 21.7 Å². The average molecular weight is 456 g/mol. The van der Waals surface area contributed by atoms with E-state index in [-0.39, 0.29) is 17.6 Å². The second-order valence-electron chi connectivity index (χ2n) is 7.92. The molecule has 2 N–H and O–H groups in total. The third kappa shape index (κ3) is 3.99. The molecule has 0 spiro atoms. The Morgan fingerprint density at radius 1 is 1.06 bits per heavy atom. The quantitative estimate of drug-likeness (QED) is 0.383. The van der Waals surface area contributed by atoms with Gasteiger partial charge in [0, 0.05) is 17.4 Å². The number of thiocarbonyl (C=S) groups is 1. The van der Waals surface area contributed by atoms with E-state index in [0.29, 0.717) is 10.9 Å². The van der Waals surface area contributed by atoms with Crippen LogP contribution in [-0.4, -0.2) is 21.2 Å². The summed E-state index contributed by atoms with van der Waals surface area (Å²) in [5, 5.41) is 13.2. The van der Waals surface area contributed by atoms with Crippen LogP contribution in [-0.2, 0) is 0 Å². The molecule has 0 amide bonds. The molecule has 6 nitrogen and oxygen atoms in total. The van der Waals surface area contributed by atoms with Crippen LogP contribution < -0.4 is 10.2 Å². The fraction of sp³-hybridized carbons (Fsp3) is 0.115. The highest BCUT2D eigenvalue weighted by molar-refractivity contribution is 7.80. The number of rotatable bonds is 5. The molecule has 0 bridgehead atoms. The molecule has 2 aromatic carbocycles. The summed E-state index contributed by atoms with van der Waals surface area (Å²) in [6, 6.07) is 24.0. The summed E-state index contributed by atoms with van der Waals surface area (Å²) >= 11 is 5.75. The maximum absolute atomic E-state index is 11.2. The first-order valence-corrected chi connectivity index (χ1v) is 10.9. The molecule has 2 aromatic heterocycles. The molecule has 1 aliphatic rings. The number of aromatic nitrogens is 1. The van der Waals surface area contributed by atoms with Crippen molar-refractivity contribution in [2.24, 2.45) is 0 Å². The number of aryl methyl sites for hydroxylation is 1. The van der Waals surface area contributed by atoms with Crippen LogP contribution in [0.2, 0.25) is 0 Å². The number of carboxylic acid groups (broad SMARTS) is 1. The molecule has 0 aliphatic carbocycles. The van der Waals surface area contributed by atoms with Crippen LogP contribution in [0.3, 0.4) is 0 Å². The predicted molar refractivity (Wildman–Crippen MR) is 130 cm³/mol. The van der Waals surface area contributed by atoms with Crippen molar-refractivity contribution in [2.45, 2.75) is 19.0 Å². The van der Waals surface area contributed by atoms with Crippen LogP contribution >= 0.6 is 12.2 Å². The Labute approximate surface area is 196 Å². The predicted octanol–water partition coefficient (Wildman–Crippen LogP) is 5.53. The van der Waals surface area contributed by atoms with E-state index in [1.165, 1.54) is 0 Å². The largest absolute Gasteiger partial charge is 0.478 e. The molecular formula is C26H21N3O3S. The third-order valence-corrected chi connectivity index (χ3v) is 6.03. The molecule has 33 heavy (non-hydrogen) atoms. The normalized spacial score (nSPS) is 17.7. The van der Waals surface area contributed by atoms with Gasteiger partial charge in [-0.3, -0.25) is 4.98 Å². The molecule has 0 radical (unpaired) electrons. The van der Waals surface area contributed by atoms with Crippen LogP contribution in [0.5, 0.6) is 0 Å². The molecule has 0 saturated carbocycles. The Hall–Kier alpha value is -3.97. The van der Waals surface area contributed by atoms with Crippen LogP contribution in [0.15, 0.2) is 89.5 Å². The summed E-state index contributed by atoms with van der Waals surface area (Å²) in [5.74, 6) is 0.430. The lowest BCUT2D eigenvalue weighted by Gasteiger charge is -2.26. The van der Waals surface area contributed by atoms with E-state index in [0.717, 1.165) is 28.3 Å². The molecule has 1 fully saturated rings. The molecule has 1 saturated heterocycles. The van der Waals surface area contributed by atoms with Crippen LogP contribution in [0.4, 0.5) is 5.69 Å². The van der Waals surface area contributed by atoms with E-state index >= 15 is 0 Å². The topological polar surface area (TPSA) is 78.6 Å². The summed E-state index contributed by atoms with van der Waals surface area (Å²) in [4.78, 5) is 17.8. The summed E-state index contributed by atoms with van der Waals surface area (Å²) in [7, 11) is 0. The Bertz CT molecular complexity index is 1320. The molecule has 164 valence electrons. The summed E-state index contributed by atoms with van der Waals surface area (Å²) < 4.78 is 6.32. The van der Waals surface area contributed by atoms with Gasteiger partial charge in [0.2, 0.25) is 0 Å². The average Bonchev–Trinajstić information content (AvgIpc) is 3.44. The van der Waals surface area contributed by atoms with Gasteiger partial charge in [0.05, 0.1) is 17.3 Å². The number of benzene rings is 2. The van der Waals surface area contributed by atoms with Crippen LogP contribution in [0.1, 0.15) is 39.5 Å². The van der Waals surface area contributed by atoms with Gasteiger partial charge in [0.25, 0.3) is 0 Å². The van der Waals surface area contributed by atoms with Crippen molar-refractivity contribution in [2.75, 3.05) is 4.90 Å². The fourth-order valence-electron chi connectivity index (χ4n) is 4.14. The number of carbonyl (C=O) groups is 1. The van der Waals surface area contributed by atoms with Crippen LogP contribution in [0, 0.1) is 6.92 Å². The lowest BCUT2D eigenvalue weighted by Crippen LogP contribution is -2.29. The maximum Gasteiger partial charge on any atom is 0.335 e. The standard InChI is InChI=1S/C26H21N3O3S/c1-16-5-4-6-19(15-16)29-24(23(28-26(29)33)20-7-2-3-14-27-20)22-13-12-21(32-22)17-8-10-18(11-9-17)25(30)31/h2-15,23-24H,1H3,(H,28,33)(H,30,31)/t23-,24-/m1/s1. The molecule has 1 aliphatic heterocycles. The molecule has 7 heteroatoms. The van der Waals surface area contributed by atoms with Crippen molar-refractivity contribution < 1.29 is 14.3 Å². The summed E-state index contributed by atoms with van der Waals surface area (Å²) in [6.07, 6.45) is 1.77. The van der Waals surface area contributed by atoms with Gasteiger partial charge < -0.3 is 19.7 Å². The van der Waals surface area contributed by atoms with Crippen molar-refractivity contribution >= 4 is 29.0 Å². The number of hydrogen-bond donors (Lipinski definition) is 2. The lowest BCUT2D eigenvalue weighted by atomic mass is 10.0. The Kier molecular flexibility index (Phi) is 5.40. The Morgan fingerprint density at radius 2 is 1.88 bits per heavy atom. The van der Waals surface area contributed by atoms with Gasteiger partial charge in [-0.2, -0.15) is 0 Å². The number of nitrogens with one attached hydrogen (secondary N) is 1. The van der Waals surface area contributed by atoms with Gasteiger partial charge >= 0.3 is 5.97 Å². The van der Waals surface area contributed by atoms with E-state index in [1.54, 1.807) is 30.5 Å². The van der Waals surface area contributed by atoms with E-state index in [2.05, 4.69) is 21.3 Å². The van der Waals surface area contributed by atoms with Crippen molar-refractivity contribution in [1.29, 1.82) is 0 Å². The summed E-state index contributed by atoms with van der Waals surface area (Å²) in [6.45, 7) is 2.05. The van der Waals surface area contributed by atoms with Gasteiger partial charge in [0.1, 0.15) is 17.6 Å². The smallest absolute Gasteiger partial charge is 0.335 e. The SMILES string of the molecule is Cc1cccc(N2C(=S)N[C@H](c3ccccn3)[C@H]2c2ccc(-c3ccc(C(=O)O)cc3)o2)c1. The zero-order chi connectivity index (χ0) is 22.9. The van der Waals surface area contributed by atoms with Gasteiger partial charge in [-0.25, -0.2) is 4.79 Å². The van der Waals surface area contributed by atoms with Crippen LogP contribution in [0.25, 0.3) is 11.3 Å². The highest BCUT2D eigenvalue weighted by Crippen LogP contribution is 2.43. The number of furan rings is 1. The number of aromatic carboxylic acids is 1. The number of carboxylic acids is 1. The van der Waals surface area contributed by atoms with Crippen molar-refractivity contribution in [3.63, 3.8) is 0 Å². The molecule has 2 atom stereocenters. The molecule has 4 aromatic rings. The number of nitrogens with zero attached hydrogens (tertiary/aromatic N) is 2. The molecular weight excluding hydrogens is 434 g/mol. The molecule has 3 heterocycles. The lowest BCUT2D eigenvalue weighted by molar-refractivity contribution is 0.0697. The minimum atomic E-state index is -0.959. The van der Waals surface area contributed by atoms with Crippen molar-refractivity contribution in [3.05, 3.63) is 108 Å². The number of hydrogen-bond acceptors (Lipinski definition) is 4. The monoisotopic (exact) mass is 455 g/mol. The minimum absolute atomic E-state index is 0.201. The zero-order valence-corrected chi connectivity index (χ0v) is 18.6. The zero-order valence-electron chi connectivity index (χ0n) is 17.8. The second kappa shape index (κ2) is 8.52. The third-order valence-electron chi connectivity index (χ3n) is 5.71. The van der Waals surface area contributed by atoms with Gasteiger partial charge in [-0.05, 0) is 73.2 Å². The maximum atomic E-state index is 11.2. The van der Waals surface area contributed by atoms with Crippen molar-refractivity contribution in [1.82, 2.24) is 10.3 Å². The second-order valence-corrected chi connectivity index (χ2v) is 8.31. The van der Waals surface area contributed by atoms with Gasteiger partial charge in [-0.15, -0.1) is 0 Å². The van der Waals surface area contributed by atoms with Gasteiger partial charge in [-0.1, -0.05) is 30.3 Å².